The van der Waals surface area contributed by atoms with Crippen molar-refractivity contribution in [2.45, 2.75) is 0 Å². The molecule has 6 heteroatoms. The summed E-state index contributed by atoms with van der Waals surface area (Å²) in [5.41, 5.74) is 2.55. The molecule has 0 spiro atoms. The van der Waals surface area contributed by atoms with Crippen molar-refractivity contribution < 1.29 is 29.3 Å². The van der Waals surface area contributed by atoms with Crippen LogP contribution in [0.2, 0.25) is 0 Å². The first-order chi connectivity index (χ1) is 17.4. The number of hydrogen-bond donors (Lipinski definition) is 2. The van der Waals surface area contributed by atoms with E-state index in [9.17, 15) is 19.8 Å². The molecule has 5 aromatic rings. The van der Waals surface area contributed by atoms with E-state index in [-0.39, 0.29) is 11.5 Å². The van der Waals surface area contributed by atoms with Crippen molar-refractivity contribution in [2.75, 3.05) is 0 Å². The number of carbonyl (C=O) groups excluding carboxylic acids is 2. The second-order valence-corrected chi connectivity index (χ2v) is 8.12. The zero-order valence-corrected chi connectivity index (χ0v) is 18.9. The lowest BCUT2D eigenvalue weighted by Gasteiger charge is -2.08. The van der Waals surface area contributed by atoms with Gasteiger partial charge in [-0.1, -0.05) is 36.4 Å². The van der Waals surface area contributed by atoms with Crippen LogP contribution in [0.1, 0.15) is 20.7 Å². The minimum atomic E-state index is -0.515. The molecule has 0 saturated heterocycles. The van der Waals surface area contributed by atoms with Gasteiger partial charge in [0.2, 0.25) is 0 Å². The Bertz CT molecular complexity index is 1550. The second kappa shape index (κ2) is 9.64. The normalized spacial score (nSPS) is 10.7. The van der Waals surface area contributed by atoms with Crippen LogP contribution in [0.4, 0.5) is 0 Å². The molecule has 0 saturated carbocycles. The number of phenolic OH excluding ortho intramolecular Hbond substituents is 2. The lowest BCUT2D eigenvalue weighted by molar-refractivity contribution is 0.0725. The first-order valence-corrected chi connectivity index (χ1v) is 11.1. The summed E-state index contributed by atoms with van der Waals surface area (Å²) in [6.45, 7) is 0. The summed E-state index contributed by atoms with van der Waals surface area (Å²) in [4.78, 5) is 24.8. The van der Waals surface area contributed by atoms with Crippen molar-refractivity contribution in [1.82, 2.24) is 0 Å². The Morgan fingerprint density at radius 3 is 1.50 bits per heavy atom. The summed E-state index contributed by atoms with van der Waals surface area (Å²) in [6.07, 6.45) is 0. The van der Waals surface area contributed by atoms with E-state index in [0.717, 1.165) is 21.9 Å². The lowest BCUT2D eigenvalue weighted by atomic mass is 10.1. The molecule has 0 aromatic heterocycles. The van der Waals surface area contributed by atoms with Gasteiger partial charge >= 0.3 is 11.9 Å². The van der Waals surface area contributed by atoms with E-state index in [1.165, 1.54) is 24.3 Å². The number of esters is 2. The molecule has 0 heterocycles. The zero-order valence-electron chi connectivity index (χ0n) is 18.9. The molecule has 0 aliphatic rings. The lowest BCUT2D eigenvalue weighted by Crippen LogP contribution is -2.08. The summed E-state index contributed by atoms with van der Waals surface area (Å²) in [5, 5.41) is 20.6. The molecule has 36 heavy (non-hydrogen) atoms. The maximum absolute atomic E-state index is 12.6. The number of phenols is 2. The Hall–Kier alpha value is -5.10. The fraction of sp³-hybridized carbons (Fsp3) is 0. The molecule has 0 bridgehead atoms. The molecule has 176 valence electrons. The van der Waals surface area contributed by atoms with Crippen LogP contribution in [-0.2, 0) is 0 Å². The van der Waals surface area contributed by atoms with Crippen molar-refractivity contribution in [3.05, 3.63) is 120 Å². The molecule has 5 aromatic carbocycles. The molecule has 6 nitrogen and oxygen atoms in total. The summed E-state index contributed by atoms with van der Waals surface area (Å²) < 4.78 is 10.9. The van der Waals surface area contributed by atoms with E-state index in [4.69, 9.17) is 9.47 Å². The minimum Gasteiger partial charge on any atom is -0.508 e. The van der Waals surface area contributed by atoms with Crippen LogP contribution in [0.25, 0.3) is 21.9 Å². The Morgan fingerprint density at radius 1 is 0.472 bits per heavy atom. The molecule has 2 N–H and O–H groups in total. The number of aromatic hydroxyl groups is 2. The summed E-state index contributed by atoms with van der Waals surface area (Å²) >= 11 is 0. The van der Waals surface area contributed by atoms with Crippen molar-refractivity contribution in [3.8, 4) is 34.1 Å². The Labute approximate surface area is 206 Å². The number of fused-ring (bicyclic) bond motifs is 1. The molecule has 5 rings (SSSR count). The second-order valence-electron chi connectivity index (χ2n) is 8.12. The molecular weight excluding hydrogens is 456 g/mol. The molecule has 0 amide bonds. The van der Waals surface area contributed by atoms with E-state index >= 15 is 0 Å². The van der Waals surface area contributed by atoms with Gasteiger partial charge in [0.25, 0.3) is 0 Å². The molecule has 0 aliphatic carbocycles. The highest BCUT2D eigenvalue weighted by Gasteiger charge is 2.11. The van der Waals surface area contributed by atoms with Crippen molar-refractivity contribution >= 4 is 22.7 Å². The Kier molecular flexibility index (Phi) is 6.07. The van der Waals surface area contributed by atoms with E-state index in [1.54, 1.807) is 60.7 Å². The third-order valence-corrected chi connectivity index (χ3v) is 5.63. The van der Waals surface area contributed by atoms with Crippen LogP contribution >= 0.6 is 0 Å². The van der Waals surface area contributed by atoms with Crippen molar-refractivity contribution in [3.63, 3.8) is 0 Å². The van der Waals surface area contributed by atoms with Gasteiger partial charge in [-0.3, -0.25) is 0 Å². The fourth-order valence-corrected chi connectivity index (χ4v) is 3.72. The predicted octanol–water partition coefficient (Wildman–Crippen LogP) is 6.36. The van der Waals surface area contributed by atoms with E-state index in [0.29, 0.717) is 22.6 Å². The maximum Gasteiger partial charge on any atom is 0.343 e. The molecule has 0 radical (unpaired) electrons. The number of hydrogen-bond acceptors (Lipinski definition) is 6. The molecule has 0 fully saturated rings. The summed E-state index contributed by atoms with van der Waals surface area (Å²) in [5.74, 6) is 0.0629. The van der Waals surface area contributed by atoms with Gasteiger partial charge in [-0.25, -0.2) is 9.59 Å². The first kappa shape index (κ1) is 22.7. The van der Waals surface area contributed by atoms with Crippen LogP contribution in [-0.4, -0.2) is 22.2 Å². The Balaban J connectivity index is 1.23. The van der Waals surface area contributed by atoms with E-state index in [2.05, 4.69) is 0 Å². The number of benzene rings is 5. The van der Waals surface area contributed by atoms with E-state index < -0.39 is 11.9 Å². The smallest absolute Gasteiger partial charge is 0.343 e. The SMILES string of the molecule is O=C(Oc1ccc(-c2ccc(OC(=O)c3ccc4cc(O)ccc4c3)cc2)cc1)c1ccc(O)cc1. The minimum absolute atomic E-state index is 0.0762. The van der Waals surface area contributed by atoms with E-state index in [1.807, 2.05) is 24.3 Å². The fourth-order valence-electron chi connectivity index (χ4n) is 3.72. The highest BCUT2D eigenvalue weighted by molar-refractivity contribution is 5.96. The highest BCUT2D eigenvalue weighted by atomic mass is 16.5. The van der Waals surface area contributed by atoms with Gasteiger partial charge in [0.1, 0.15) is 23.0 Å². The average molecular weight is 476 g/mol. The third-order valence-electron chi connectivity index (χ3n) is 5.63. The maximum atomic E-state index is 12.6. The Morgan fingerprint density at radius 2 is 0.917 bits per heavy atom. The molecule has 0 atom stereocenters. The van der Waals surface area contributed by atoms with Crippen molar-refractivity contribution in [1.29, 1.82) is 0 Å². The highest BCUT2D eigenvalue weighted by Crippen LogP contribution is 2.26. The topological polar surface area (TPSA) is 93.1 Å². The van der Waals surface area contributed by atoms with Gasteiger partial charge in [-0.15, -0.1) is 0 Å². The van der Waals surface area contributed by atoms with Crippen LogP contribution in [0.3, 0.4) is 0 Å². The number of rotatable bonds is 5. The zero-order chi connectivity index (χ0) is 25.1. The third kappa shape index (κ3) is 5.03. The van der Waals surface area contributed by atoms with Crippen LogP contribution in [0.15, 0.2) is 109 Å². The van der Waals surface area contributed by atoms with Crippen LogP contribution in [0.5, 0.6) is 23.0 Å². The van der Waals surface area contributed by atoms with Gasteiger partial charge in [-0.05, 0) is 94.7 Å². The number of ether oxygens (including phenoxy) is 2. The van der Waals surface area contributed by atoms with Crippen LogP contribution in [0, 0.1) is 0 Å². The van der Waals surface area contributed by atoms with Gasteiger partial charge < -0.3 is 19.7 Å². The predicted molar refractivity (Wildman–Crippen MR) is 136 cm³/mol. The summed E-state index contributed by atoms with van der Waals surface area (Å²) in [7, 11) is 0. The van der Waals surface area contributed by atoms with Crippen molar-refractivity contribution in [2.24, 2.45) is 0 Å². The molecule has 0 unspecified atom stereocenters. The molecular formula is C30H20O6. The van der Waals surface area contributed by atoms with Gasteiger partial charge in [0.15, 0.2) is 0 Å². The standard InChI is InChI=1S/C30H20O6/c31-25-10-3-21(4-11-25)29(33)35-27-13-6-19(7-14-27)20-8-15-28(16-9-20)36-30(34)24-2-1-23-18-26(32)12-5-22(23)17-24/h1-18,31-32H. The first-order valence-electron chi connectivity index (χ1n) is 11.1. The van der Waals surface area contributed by atoms with Crippen LogP contribution < -0.4 is 9.47 Å². The summed E-state index contributed by atoms with van der Waals surface area (Å²) in [6, 6.07) is 30.1. The molecule has 0 aliphatic heterocycles. The largest absolute Gasteiger partial charge is 0.508 e. The van der Waals surface area contributed by atoms with Gasteiger partial charge in [0, 0.05) is 0 Å². The quantitative estimate of drug-likeness (QED) is 0.227. The monoisotopic (exact) mass is 476 g/mol. The average Bonchev–Trinajstić information content (AvgIpc) is 2.89. The number of carbonyl (C=O) groups is 2. The van der Waals surface area contributed by atoms with Gasteiger partial charge in [0.05, 0.1) is 11.1 Å². The van der Waals surface area contributed by atoms with Gasteiger partial charge in [-0.2, -0.15) is 0 Å².